The van der Waals surface area contributed by atoms with Crippen LogP contribution in [0.2, 0.25) is 0 Å². The first-order valence-corrected chi connectivity index (χ1v) is 9.84. The summed E-state index contributed by atoms with van der Waals surface area (Å²) in [7, 11) is 0. The molecule has 0 aliphatic carbocycles. The molecule has 28 heavy (non-hydrogen) atoms. The molecule has 1 fully saturated rings. The highest BCUT2D eigenvalue weighted by Gasteiger charge is 2.47. The number of ketones is 1. The summed E-state index contributed by atoms with van der Waals surface area (Å²) < 4.78 is 0. The van der Waals surface area contributed by atoms with Gasteiger partial charge in [-0.1, -0.05) is 42.0 Å². The van der Waals surface area contributed by atoms with Gasteiger partial charge in [0.2, 0.25) is 0 Å². The lowest BCUT2D eigenvalue weighted by Crippen LogP contribution is -2.29. The van der Waals surface area contributed by atoms with Crippen molar-refractivity contribution in [1.82, 2.24) is 0 Å². The number of carbonyl (C=O) groups is 2. The van der Waals surface area contributed by atoms with Crippen LogP contribution in [0.25, 0.3) is 5.76 Å². The van der Waals surface area contributed by atoms with Crippen LogP contribution in [0.1, 0.15) is 27.6 Å². The first-order valence-electron chi connectivity index (χ1n) is 8.96. The maximum absolute atomic E-state index is 13.0. The third kappa shape index (κ3) is 2.94. The van der Waals surface area contributed by atoms with Crippen LogP contribution >= 0.6 is 11.3 Å². The molecular formula is C23H19NO3S. The first kappa shape index (κ1) is 18.2. The molecule has 1 amide bonds. The quantitative estimate of drug-likeness (QED) is 0.390. The molecule has 5 heteroatoms. The number of carbonyl (C=O) groups excluding carboxylic acids is 2. The van der Waals surface area contributed by atoms with Crippen molar-refractivity contribution in [3.05, 3.63) is 93.2 Å². The highest BCUT2D eigenvalue weighted by atomic mass is 32.1. The number of aliphatic hydroxyl groups is 1. The summed E-state index contributed by atoms with van der Waals surface area (Å²) >= 11 is 1.45. The predicted molar refractivity (Wildman–Crippen MR) is 111 cm³/mol. The lowest BCUT2D eigenvalue weighted by molar-refractivity contribution is -0.132. The first-order chi connectivity index (χ1) is 13.5. The number of hydrogen-bond donors (Lipinski definition) is 1. The fourth-order valence-corrected chi connectivity index (χ4v) is 4.36. The van der Waals surface area contributed by atoms with E-state index in [1.165, 1.54) is 16.2 Å². The van der Waals surface area contributed by atoms with Crippen molar-refractivity contribution in [2.24, 2.45) is 0 Å². The van der Waals surface area contributed by atoms with Gasteiger partial charge in [-0.15, -0.1) is 11.3 Å². The molecular weight excluding hydrogens is 370 g/mol. The summed E-state index contributed by atoms with van der Waals surface area (Å²) in [6, 6.07) is 17.9. The third-order valence-electron chi connectivity index (χ3n) is 4.94. The molecule has 0 spiro atoms. The summed E-state index contributed by atoms with van der Waals surface area (Å²) in [5.74, 6) is -1.42. The molecule has 140 valence electrons. The summed E-state index contributed by atoms with van der Waals surface area (Å²) in [6.45, 7) is 3.80. The minimum absolute atomic E-state index is 0.128. The van der Waals surface area contributed by atoms with Crippen molar-refractivity contribution < 1.29 is 14.7 Å². The normalized spacial score (nSPS) is 18.6. The number of para-hydroxylation sites is 1. The number of amides is 1. The van der Waals surface area contributed by atoms with Crippen molar-refractivity contribution in [2.75, 3.05) is 4.90 Å². The number of anilines is 1. The lowest BCUT2D eigenvalue weighted by Gasteiger charge is -2.24. The number of thiophene rings is 1. The second-order valence-electron chi connectivity index (χ2n) is 6.84. The van der Waals surface area contributed by atoms with Gasteiger partial charge in [0.15, 0.2) is 0 Å². The largest absolute Gasteiger partial charge is 0.507 e. The zero-order valence-electron chi connectivity index (χ0n) is 15.5. The van der Waals surface area contributed by atoms with Crippen LogP contribution in [0.4, 0.5) is 5.69 Å². The van der Waals surface area contributed by atoms with Crippen LogP contribution in [-0.4, -0.2) is 16.8 Å². The maximum atomic E-state index is 13.0. The Morgan fingerprint density at radius 2 is 1.75 bits per heavy atom. The number of hydrogen-bond acceptors (Lipinski definition) is 4. The maximum Gasteiger partial charge on any atom is 0.300 e. The Labute approximate surface area is 167 Å². The molecule has 1 N–H and O–H groups in total. The Hall–Kier alpha value is -3.18. The Balaban J connectivity index is 1.96. The molecule has 1 aliphatic heterocycles. The standard InChI is InChI=1S/C23H19NO3S/c1-14-10-11-15(2)17(13-14)21(25)19-20(18-9-6-12-28-18)24(23(27)22(19)26)16-7-4-3-5-8-16/h3-13,20,25H,1-2H3/b21-19-. The van der Waals surface area contributed by atoms with Crippen LogP contribution in [0.15, 0.2) is 71.6 Å². The van der Waals surface area contributed by atoms with Gasteiger partial charge in [-0.05, 0) is 49.1 Å². The molecule has 2 heterocycles. The van der Waals surface area contributed by atoms with Gasteiger partial charge in [-0.3, -0.25) is 14.5 Å². The van der Waals surface area contributed by atoms with E-state index in [0.29, 0.717) is 11.3 Å². The lowest BCUT2D eigenvalue weighted by atomic mass is 9.96. The van der Waals surface area contributed by atoms with Gasteiger partial charge in [-0.2, -0.15) is 0 Å². The van der Waals surface area contributed by atoms with E-state index in [2.05, 4.69) is 0 Å². The molecule has 1 aromatic heterocycles. The Bertz CT molecular complexity index is 1080. The number of aliphatic hydroxyl groups excluding tert-OH is 1. The SMILES string of the molecule is Cc1ccc(C)c(/C(O)=C2/C(=O)C(=O)N(c3ccccc3)C2c2cccs2)c1. The van der Waals surface area contributed by atoms with Crippen LogP contribution in [-0.2, 0) is 9.59 Å². The molecule has 0 saturated carbocycles. The van der Waals surface area contributed by atoms with E-state index in [-0.39, 0.29) is 11.3 Å². The van der Waals surface area contributed by atoms with Crippen LogP contribution in [0.3, 0.4) is 0 Å². The molecule has 1 atom stereocenters. The van der Waals surface area contributed by atoms with Crippen molar-refractivity contribution in [2.45, 2.75) is 19.9 Å². The molecule has 1 aliphatic rings. The van der Waals surface area contributed by atoms with Gasteiger partial charge in [0.25, 0.3) is 11.7 Å². The topological polar surface area (TPSA) is 57.6 Å². The number of nitrogens with zero attached hydrogens (tertiary/aromatic N) is 1. The summed E-state index contributed by atoms with van der Waals surface area (Å²) in [4.78, 5) is 28.3. The molecule has 2 aromatic carbocycles. The monoisotopic (exact) mass is 389 g/mol. The van der Waals surface area contributed by atoms with E-state index >= 15 is 0 Å². The molecule has 0 radical (unpaired) electrons. The van der Waals surface area contributed by atoms with E-state index in [1.54, 1.807) is 12.1 Å². The van der Waals surface area contributed by atoms with Crippen LogP contribution in [0, 0.1) is 13.8 Å². The third-order valence-corrected chi connectivity index (χ3v) is 5.86. The fraction of sp³-hybridized carbons (Fsp3) is 0.130. The highest BCUT2D eigenvalue weighted by Crippen LogP contribution is 2.43. The van der Waals surface area contributed by atoms with Gasteiger partial charge in [0.1, 0.15) is 11.8 Å². The van der Waals surface area contributed by atoms with Crippen LogP contribution in [0.5, 0.6) is 0 Å². The predicted octanol–water partition coefficient (Wildman–Crippen LogP) is 4.99. The second kappa shape index (κ2) is 7.09. The Morgan fingerprint density at radius 1 is 1.00 bits per heavy atom. The molecule has 4 nitrogen and oxygen atoms in total. The highest BCUT2D eigenvalue weighted by molar-refractivity contribution is 7.10. The summed E-state index contributed by atoms with van der Waals surface area (Å²) in [6.07, 6.45) is 0. The minimum atomic E-state index is -0.666. The van der Waals surface area contributed by atoms with E-state index in [1.807, 2.05) is 67.8 Å². The molecule has 0 bridgehead atoms. The summed E-state index contributed by atoms with van der Waals surface area (Å²) in [5, 5.41) is 13.0. The van der Waals surface area contributed by atoms with Gasteiger partial charge in [0, 0.05) is 16.1 Å². The van der Waals surface area contributed by atoms with Crippen molar-refractivity contribution in [3.63, 3.8) is 0 Å². The van der Waals surface area contributed by atoms with E-state index in [9.17, 15) is 14.7 Å². The fourth-order valence-electron chi connectivity index (χ4n) is 3.54. The van der Waals surface area contributed by atoms with Crippen molar-refractivity contribution >= 4 is 34.5 Å². The molecule has 1 saturated heterocycles. The number of benzene rings is 2. The molecule has 3 aromatic rings. The van der Waals surface area contributed by atoms with E-state index in [4.69, 9.17) is 0 Å². The zero-order valence-corrected chi connectivity index (χ0v) is 16.4. The zero-order chi connectivity index (χ0) is 19.8. The average molecular weight is 389 g/mol. The van der Waals surface area contributed by atoms with E-state index in [0.717, 1.165) is 16.0 Å². The Kier molecular flexibility index (Phi) is 4.61. The van der Waals surface area contributed by atoms with Gasteiger partial charge < -0.3 is 5.11 Å². The van der Waals surface area contributed by atoms with Crippen molar-refractivity contribution in [3.8, 4) is 0 Å². The number of Topliss-reactive ketones (excluding diaryl/α,β-unsaturated/α-hetero) is 1. The average Bonchev–Trinajstić information content (AvgIpc) is 3.31. The number of aryl methyl sites for hydroxylation is 2. The van der Waals surface area contributed by atoms with Gasteiger partial charge >= 0.3 is 0 Å². The van der Waals surface area contributed by atoms with Gasteiger partial charge in [-0.25, -0.2) is 0 Å². The smallest absolute Gasteiger partial charge is 0.300 e. The van der Waals surface area contributed by atoms with Gasteiger partial charge in [0.05, 0.1) is 5.57 Å². The summed E-state index contributed by atoms with van der Waals surface area (Å²) in [5.41, 5.74) is 3.15. The Morgan fingerprint density at radius 3 is 2.43 bits per heavy atom. The van der Waals surface area contributed by atoms with Crippen molar-refractivity contribution in [1.29, 1.82) is 0 Å². The minimum Gasteiger partial charge on any atom is -0.507 e. The van der Waals surface area contributed by atoms with Crippen LogP contribution < -0.4 is 4.90 Å². The second-order valence-corrected chi connectivity index (χ2v) is 7.82. The number of rotatable bonds is 3. The molecule has 1 unspecified atom stereocenters. The molecule has 4 rings (SSSR count). The van der Waals surface area contributed by atoms with E-state index < -0.39 is 17.7 Å².